The number of aliphatic imine (C=N–C) groups is 1. The molecule has 1 aromatic rings. The second-order valence-electron chi connectivity index (χ2n) is 7.87. The van der Waals surface area contributed by atoms with E-state index in [4.69, 9.17) is 16.2 Å². The molecule has 11 heteroatoms. The number of nitrogens with one attached hydrogen (secondary N) is 3. The predicted octanol–water partition coefficient (Wildman–Crippen LogP) is 0.540. The first kappa shape index (κ1) is 27.7. The maximum absolute atomic E-state index is 12.6. The van der Waals surface area contributed by atoms with Gasteiger partial charge in [-0.25, -0.2) is 9.59 Å². The first-order chi connectivity index (χ1) is 15.7. The molecule has 0 fully saturated rings. The van der Waals surface area contributed by atoms with Crippen LogP contribution in [0.2, 0.25) is 0 Å². The maximum Gasteiger partial charge on any atom is 0.407 e. The number of amides is 2. The van der Waals surface area contributed by atoms with E-state index in [1.165, 1.54) is 0 Å². The van der Waals surface area contributed by atoms with Gasteiger partial charge in [0.05, 0.1) is 6.04 Å². The highest BCUT2D eigenvalue weighted by Gasteiger charge is 2.26. The zero-order valence-corrected chi connectivity index (χ0v) is 19.3. The Kier molecular flexibility index (Phi) is 13.0. The van der Waals surface area contributed by atoms with Crippen molar-refractivity contribution in [3.8, 4) is 0 Å². The molecule has 0 radical (unpaired) electrons. The van der Waals surface area contributed by atoms with Crippen LogP contribution in [-0.2, 0) is 20.9 Å². The molecule has 0 saturated heterocycles. The number of carboxylic acids is 1. The van der Waals surface area contributed by atoms with E-state index >= 15 is 0 Å². The molecule has 0 heterocycles. The van der Waals surface area contributed by atoms with Crippen LogP contribution >= 0.6 is 0 Å². The zero-order chi connectivity index (χ0) is 24.6. The van der Waals surface area contributed by atoms with Gasteiger partial charge in [0.2, 0.25) is 5.91 Å². The minimum absolute atomic E-state index is 0.0612. The van der Waals surface area contributed by atoms with Crippen molar-refractivity contribution in [3.05, 3.63) is 35.9 Å². The van der Waals surface area contributed by atoms with Crippen LogP contribution in [0, 0.1) is 5.92 Å². The molecule has 2 amide bonds. The summed E-state index contributed by atoms with van der Waals surface area (Å²) in [6.07, 6.45) is 0.679. The largest absolute Gasteiger partial charge is 0.480 e. The van der Waals surface area contributed by atoms with Crippen LogP contribution in [0.5, 0.6) is 0 Å². The predicted molar refractivity (Wildman–Crippen MR) is 125 cm³/mol. The van der Waals surface area contributed by atoms with E-state index in [0.29, 0.717) is 25.9 Å². The number of carboxylic acid groups (broad SMARTS) is 1. The fraction of sp³-hybridized carbons (Fsp3) is 0.545. The maximum atomic E-state index is 12.6. The lowest BCUT2D eigenvalue weighted by atomic mass is 10.0. The molecule has 11 nitrogen and oxygen atoms in total. The molecule has 8 N–H and O–H groups in total. The van der Waals surface area contributed by atoms with Gasteiger partial charge in [0.15, 0.2) is 5.96 Å². The first-order valence-electron chi connectivity index (χ1n) is 11.0. The second kappa shape index (κ2) is 15.5. The highest BCUT2D eigenvalue weighted by atomic mass is 16.5. The number of alkyl carbamates (subject to hydrolysis) is 1. The molecular formula is C22H36N6O5. The highest BCUT2D eigenvalue weighted by molar-refractivity contribution is 5.87. The summed E-state index contributed by atoms with van der Waals surface area (Å²) in [5, 5.41) is 17.8. The van der Waals surface area contributed by atoms with Gasteiger partial charge < -0.3 is 37.3 Å². The number of carbonyl (C=O) groups excluding carboxylic acids is 2. The average molecular weight is 465 g/mol. The van der Waals surface area contributed by atoms with Crippen LogP contribution in [0.25, 0.3) is 0 Å². The summed E-state index contributed by atoms with van der Waals surface area (Å²) in [5.41, 5.74) is 11.4. The summed E-state index contributed by atoms with van der Waals surface area (Å²) in [4.78, 5) is 39.7. The van der Waals surface area contributed by atoms with Crippen LogP contribution in [0.3, 0.4) is 0 Å². The van der Waals surface area contributed by atoms with Crippen molar-refractivity contribution >= 4 is 23.9 Å². The molecule has 33 heavy (non-hydrogen) atoms. The molecule has 184 valence electrons. The number of aliphatic carboxylic acids is 1. The summed E-state index contributed by atoms with van der Waals surface area (Å²) in [6, 6.07) is 7.76. The monoisotopic (exact) mass is 464 g/mol. The number of nitrogens with zero attached hydrogens (tertiary/aromatic N) is 1. The van der Waals surface area contributed by atoms with E-state index in [1.807, 2.05) is 44.2 Å². The van der Waals surface area contributed by atoms with Gasteiger partial charge in [0, 0.05) is 13.1 Å². The van der Waals surface area contributed by atoms with Crippen molar-refractivity contribution in [1.29, 1.82) is 0 Å². The molecular weight excluding hydrogens is 428 g/mol. The van der Waals surface area contributed by atoms with E-state index in [-0.39, 0.29) is 31.4 Å². The molecule has 2 atom stereocenters. The fourth-order valence-corrected chi connectivity index (χ4v) is 2.96. The van der Waals surface area contributed by atoms with Crippen molar-refractivity contribution in [3.63, 3.8) is 0 Å². The molecule has 0 bridgehead atoms. The molecule has 0 aliphatic carbocycles. The summed E-state index contributed by atoms with van der Waals surface area (Å²) in [7, 11) is 0. The molecule has 0 aromatic heterocycles. The number of nitrogens with two attached hydrogens (primary N) is 2. The number of guanidine groups is 1. The normalized spacial score (nSPS) is 12.5. The van der Waals surface area contributed by atoms with Gasteiger partial charge in [0.1, 0.15) is 12.6 Å². The van der Waals surface area contributed by atoms with Crippen LogP contribution in [0.1, 0.15) is 38.7 Å². The Morgan fingerprint density at radius 2 is 1.79 bits per heavy atom. The topological polar surface area (TPSA) is 181 Å². The van der Waals surface area contributed by atoms with Gasteiger partial charge >= 0.3 is 12.1 Å². The van der Waals surface area contributed by atoms with Gasteiger partial charge in [-0.05, 0) is 37.3 Å². The van der Waals surface area contributed by atoms with Gasteiger partial charge in [-0.15, -0.1) is 0 Å². The van der Waals surface area contributed by atoms with E-state index in [2.05, 4.69) is 20.9 Å². The van der Waals surface area contributed by atoms with Gasteiger partial charge in [-0.2, -0.15) is 0 Å². The lowest BCUT2D eigenvalue weighted by molar-refractivity contribution is -0.142. The zero-order valence-electron chi connectivity index (χ0n) is 19.3. The smallest absolute Gasteiger partial charge is 0.407 e. The standard InChI is InChI=1S/C22H36N6O5/c1-15(2)18(19(29)28-17(20(30)31)10-6-11-26-21(23)24)25-12-7-13-27-22(32)33-14-16-8-4-3-5-9-16/h3-5,8-9,15,17-18,25H,6-7,10-14H2,1-2H3,(H,27,32)(H,28,29)(H,30,31)(H4,23,24,26)/t17-,18-/m0/s1. The summed E-state index contributed by atoms with van der Waals surface area (Å²) in [6.45, 7) is 5.04. The number of carbonyl (C=O) groups is 3. The van der Waals surface area contributed by atoms with Gasteiger partial charge in [-0.3, -0.25) is 9.79 Å². The summed E-state index contributed by atoms with van der Waals surface area (Å²) in [5.74, 6) is -1.64. The molecule has 0 saturated carbocycles. The fourth-order valence-electron chi connectivity index (χ4n) is 2.96. The molecule has 1 rings (SSSR count). The number of rotatable bonds is 15. The average Bonchev–Trinajstić information content (AvgIpc) is 2.76. The van der Waals surface area contributed by atoms with Crippen molar-refractivity contribution < 1.29 is 24.2 Å². The molecule has 1 aromatic carbocycles. The van der Waals surface area contributed by atoms with Crippen LogP contribution in [0.4, 0.5) is 4.79 Å². The van der Waals surface area contributed by atoms with Gasteiger partial charge in [0.25, 0.3) is 0 Å². The van der Waals surface area contributed by atoms with Crippen molar-refractivity contribution in [2.75, 3.05) is 19.6 Å². The van der Waals surface area contributed by atoms with Crippen LogP contribution in [0.15, 0.2) is 35.3 Å². The SMILES string of the molecule is CC(C)[C@H](NCCCNC(=O)OCc1ccccc1)C(=O)N[C@@H](CCCN=C(N)N)C(=O)O. The first-order valence-corrected chi connectivity index (χ1v) is 11.0. The van der Waals surface area contributed by atoms with E-state index < -0.39 is 30.1 Å². The Labute approximate surface area is 194 Å². The molecule has 0 aliphatic rings. The second-order valence-corrected chi connectivity index (χ2v) is 7.87. The Morgan fingerprint density at radius 1 is 1.09 bits per heavy atom. The lowest BCUT2D eigenvalue weighted by Gasteiger charge is -2.24. The Balaban J connectivity index is 2.36. The van der Waals surface area contributed by atoms with Crippen molar-refractivity contribution in [2.24, 2.45) is 22.4 Å². The van der Waals surface area contributed by atoms with E-state index in [1.54, 1.807) is 0 Å². The minimum atomic E-state index is -1.12. The Morgan fingerprint density at radius 3 is 2.39 bits per heavy atom. The van der Waals surface area contributed by atoms with Crippen molar-refractivity contribution in [2.45, 2.75) is 51.8 Å². The lowest BCUT2D eigenvalue weighted by Crippen LogP contribution is -2.52. The van der Waals surface area contributed by atoms with E-state index in [0.717, 1.165) is 5.56 Å². The third-order valence-corrected chi connectivity index (χ3v) is 4.71. The molecule has 0 spiro atoms. The van der Waals surface area contributed by atoms with Crippen molar-refractivity contribution in [1.82, 2.24) is 16.0 Å². The van der Waals surface area contributed by atoms with Crippen LogP contribution < -0.4 is 27.4 Å². The minimum Gasteiger partial charge on any atom is -0.480 e. The van der Waals surface area contributed by atoms with Crippen LogP contribution in [-0.4, -0.2) is 60.8 Å². The summed E-state index contributed by atoms with van der Waals surface area (Å²) < 4.78 is 5.14. The third kappa shape index (κ3) is 12.3. The summed E-state index contributed by atoms with van der Waals surface area (Å²) >= 11 is 0. The number of hydrogen-bond acceptors (Lipinski definition) is 6. The molecule has 0 unspecified atom stereocenters. The number of ether oxygens (including phenoxy) is 1. The van der Waals surface area contributed by atoms with E-state index in [9.17, 15) is 19.5 Å². The number of hydrogen-bond donors (Lipinski definition) is 6. The number of benzene rings is 1. The molecule has 0 aliphatic heterocycles. The third-order valence-electron chi connectivity index (χ3n) is 4.71. The Bertz CT molecular complexity index is 768. The highest BCUT2D eigenvalue weighted by Crippen LogP contribution is 2.05. The van der Waals surface area contributed by atoms with Gasteiger partial charge in [-0.1, -0.05) is 44.2 Å². The quantitative estimate of drug-likeness (QED) is 0.123. The Hall–Kier alpha value is -3.34.